The molecule has 1 aromatic heterocycles. The minimum absolute atomic E-state index is 0.0366. The highest BCUT2D eigenvalue weighted by Gasteiger charge is 2.33. The second kappa shape index (κ2) is 12.8. The SMILES string of the molecule is COCCCN(CC(=O)N1CCc2sccc2C1COc1ccc(Cl)c(C)c1)C(=O)c1cccc(Cl)c1. The fourth-order valence-corrected chi connectivity index (χ4v) is 5.70. The lowest BCUT2D eigenvalue weighted by molar-refractivity contribution is -0.135. The van der Waals surface area contributed by atoms with Gasteiger partial charge in [-0.15, -0.1) is 11.3 Å². The third-order valence-corrected chi connectivity index (χ3v) is 8.07. The van der Waals surface area contributed by atoms with Gasteiger partial charge in [0.25, 0.3) is 5.91 Å². The molecule has 1 aliphatic rings. The highest BCUT2D eigenvalue weighted by molar-refractivity contribution is 7.10. The summed E-state index contributed by atoms with van der Waals surface area (Å²) in [6, 6.07) is 14.1. The number of fused-ring (bicyclic) bond motifs is 1. The summed E-state index contributed by atoms with van der Waals surface area (Å²) in [5, 5.41) is 3.21. The van der Waals surface area contributed by atoms with Crippen molar-refractivity contribution in [2.45, 2.75) is 25.8 Å². The van der Waals surface area contributed by atoms with Gasteiger partial charge in [0.15, 0.2) is 0 Å². The van der Waals surface area contributed by atoms with Crippen molar-refractivity contribution in [2.75, 3.05) is 40.0 Å². The largest absolute Gasteiger partial charge is 0.491 e. The molecule has 0 spiro atoms. The molecular formula is C28H30Cl2N2O4S. The molecule has 4 rings (SSSR count). The van der Waals surface area contributed by atoms with Crippen LogP contribution in [-0.2, 0) is 16.0 Å². The average molecular weight is 562 g/mol. The zero-order valence-electron chi connectivity index (χ0n) is 20.9. The zero-order chi connectivity index (χ0) is 26.4. The molecule has 0 fully saturated rings. The van der Waals surface area contributed by atoms with Crippen LogP contribution in [0.5, 0.6) is 5.75 Å². The Balaban J connectivity index is 1.53. The van der Waals surface area contributed by atoms with E-state index in [1.54, 1.807) is 47.6 Å². The molecule has 0 aliphatic carbocycles. The van der Waals surface area contributed by atoms with Crippen LogP contribution in [0.3, 0.4) is 0 Å². The Kier molecular flexibility index (Phi) is 9.49. The fourth-order valence-electron chi connectivity index (χ4n) is 4.47. The summed E-state index contributed by atoms with van der Waals surface area (Å²) in [5.74, 6) is 0.351. The highest BCUT2D eigenvalue weighted by Crippen LogP contribution is 2.34. The number of nitrogens with zero attached hydrogens (tertiary/aromatic N) is 2. The number of aryl methyl sites for hydroxylation is 1. The molecule has 37 heavy (non-hydrogen) atoms. The molecule has 0 N–H and O–H groups in total. The number of carbonyl (C=O) groups is 2. The maximum absolute atomic E-state index is 13.7. The number of thiophene rings is 1. The van der Waals surface area contributed by atoms with E-state index in [0.29, 0.717) is 54.1 Å². The molecule has 0 saturated heterocycles. The lowest BCUT2D eigenvalue weighted by Crippen LogP contribution is -2.48. The Labute approximate surface area is 231 Å². The monoisotopic (exact) mass is 560 g/mol. The normalized spacial score (nSPS) is 14.8. The molecule has 196 valence electrons. The topological polar surface area (TPSA) is 59.1 Å². The first kappa shape index (κ1) is 27.5. The van der Waals surface area contributed by atoms with Crippen molar-refractivity contribution in [1.82, 2.24) is 9.80 Å². The highest BCUT2D eigenvalue weighted by atomic mass is 35.5. The molecule has 2 heterocycles. The Morgan fingerprint density at radius 1 is 1.16 bits per heavy atom. The van der Waals surface area contributed by atoms with Crippen molar-refractivity contribution in [3.8, 4) is 5.75 Å². The predicted molar refractivity (Wildman–Crippen MR) is 148 cm³/mol. The average Bonchev–Trinajstić information content (AvgIpc) is 3.37. The van der Waals surface area contributed by atoms with Crippen molar-refractivity contribution in [3.63, 3.8) is 0 Å². The number of methoxy groups -OCH3 is 1. The van der Waals surface area contributed by atoms with Gasteiger partial charge < -0.3 is 19.3 Å². The van der Waals surface area contributed by atoms with E-state index in [0.717, 1.165) is 17.5 Å². The summed E-state index contributed by atoms with van der Waals surface area (Å²) >= 11 is 14.0. The maximum Gasteiger partial charge on any atom is 0.254 e. The molecule has 6 nitrogen and oxygen atoms in total. The summed E-state index contributed by atoms with van der Waals surface area (Å²) in [7, 11) is 1.62. The molecule has 9 heteroatoms. The lowest BCUT2D eigenvalue weighted by Gasteiger charge is -2.37. The summed E-state index contributed by atoms with van der Waals surface area (Å²) in [5.41, 5.74) is 2.48. The van der Waals surface area contributed by atoms with Gasteiger partial charge in [-0.05, 0) is 78.7 Å². The van der Waals surface area contributed by atoms with E-state index in [9.17, 15) is 9.59 Å². The van der Waals surface area contributed by atoms with Crippen molar-refractivity contribution < 1.29 is 19.1 Å². The molecule has 3 aromatic rings. The quantitative estimate of drug-likeness (QED) is 0.283. The van der Waals surface area contributed by atoms with Gasteiger partial charge in [0.1, 0.15) is 18.9 Å². The summed E-state index contributed by atoms with van der Waals surface area (Å²) in [4.78, 5) is 31.7. The fraction of sp³-hybridized carbons (Fsp3) is 0.357. The molecule has 0 bridgehead atoms. The van der Waals surface area contributed by atoms with Crippen LogP contribution in [0.25, 0.3) is 0 Å². The Bertz CT molecular complexity index is 1250. The van der Waals surface area contributed by atoms with Gasteiger partial charge in [0.05, 0.1) is 6.04 Å². The molecule has 1 atom stereocenters. The van der Waals surface area contributed by atoms with Crippen LogP contribution in [0, 0.1) is 6.92 Å². The van der Waals surface area contributed by atoms with E-state index >= 15 is 0 Å². The smallest absolute Gasteiger partial charge is 0.254 e. The van der Waals surface area contributed by atoms with Gasteiger partial charge >= 0.3 is 0 Å². The number of carbonyl (C=O) groups excluding carboxylic acids is 2. The molecule has 0 saturated carbocycles. The van der Waals surface area contributed by atoms with E-state index in [-0.39, 0.29) is 24.4 Å². The van der Waals surface area contributed by atoms with E-state index in [4.69, 9.17) is 32.7 Å². The minimum atomic E-state index is -0.249. The first-order valence-corrected chi connectivity index (χ1v) is 13.8. The van der Waals surface area contributed by atoms with Crippen molar-refractivity contribution in [1.29, 1.82) is 0 Å². The third-order valence-electron chi connectivity index (χ3n) is 6.41. The molecule has 1 aliphatic heterocycles. The molecule has 2 aromatic carbocycles. The Morgan fingerprint density at radius 2 is 2.00 bits per heavy atom. The van der Waals surface area contributed by atoms with Crippen LogP contribution >= 0.6 is 34.5 Å². The van der Waals surface area contributed by atoms with Crippen molar-refractivity contribution in [2.24, 2.45) is 0 Å². The minimum Gasteiger partial charge on any atom is -0.491 e. The third kappa shape index (κ3) is 6.85. The second-order valence-corrected chi connectivity index (χ2v) is 10.8. The lowest BCUT2D eigenvalue weighted by atomic mass is 10.00. The van der Waals surface area contributed by atoms with Crippen LogP contribution in [-0.4, -0.2) is 61.6 Å². The number of benzene rings is 2. The number of halogens is 2. The van der Waals surface area contributed by atoms with Gasteiger partial charge in [-0.2, -0.15) is 0 Å². The Morgan fingerprint density at radius 3 is 2.76 bits per heavy atom. The van der Waals surface area contributed by atoms with Crippen LogP contribution < -0.4 is 4.74 Å². The molecule has 0 radical (unpaired) electrons. The van der Waals surface area contributed by atoms with Crippen LogP contribution in [0.2, 0.25) is 10.0 Å². The first-order valence-electron chi connectivity index (χ1n) is 12.2. The van der Waals surface area contributed by atoms with Gasteiger partial charge in [-0.3, -0.25) is 9.59 Å². The predicted octanol–water partition coefficient (Wildman–Crippen LogP) is 6.05. The summed E-state index contributed by atoms with van der Waals surface area (Å²) in [6.45, 7) is 3.66. The van der Waals surface area contributed by atoms with Crippen LogP contribution in [0.4, 0.5) is 0 Å². The van der Waals surface area contributed by atoms with Gasteiger partial charge in [0.2, 0.25) is 5.91 Å². The first-order chi connectivity index (χ1) is 17.9. The van der Waals surface area contributed by atoms with Crippen LogP contribution in [0.15, 0.2) is 53.9 Å². The zero-order valence-corrected chi connectivity index (χ0v) is 23.2. The molecule has 1 unspecified atom stereocenters. The summed E-state index contributed by atoms with van der Waals surface area (Å²) < 4.78 is 11.3. The number of hydrogen-bond acceptors (Lipinski definition) is 5. The number of hydrogen-bond donors (Lipinski definition) is 0. The van der Waals surface area contributed by atoms with E-state index in [2.05, 4.69) is 11.4 Å². The van der Waals surface area contributed by atoms with Crippen molar-refractivity contribution in [3.05, 3.63) is 85.5 Å². The van der Waals surface area contributed by atoms with Gasteiger partial charge in [0, 0.05) is 47.3 Å². The summed E-state index contributed by atoms with van der Waals surface area (Å²) in [6.07, 6.45) is 1.40. The van der Waals surface area contributed by atoms with Crippen LogP contribution in [0.1, 0.15) is 38.8 Å². The Hall–Kier alpha value is -2.58. The number of rotatable bonds is 10. The van der Waals surface area contributed by atoms with E-state index in [1.807, 2.05) is 30.0 Å². The van der Waals surface area contributed by atoms with E-state index < -0.39 is 0 Å². The maximum atomic E-state index is 13.7. The standard InChI is InChI=1S/C28H30Cl2N2O4S/c1-19-15-22(7-8-24(19)30)36-18-25-23-10-14-37-26(23)9-12-32(25)27(33)17-31(11-4-13-35-2)28(34)20-5-3-6-21(29)16-20/h3,5-8,10,14-16,25H,4,9,11-13,17-18H2,1-2H3. The van der Waals surface area contributed by atoms with Gasteiger partial charge in [-0.1, -0.05) is 29.3 Å². The van der Waals surface area contributed by atoms with Gasteiger partial charge in [-0.25, -0.2) is 0 Å². The second-order valence-electron chi connectivity index (χ2n) is 8.96. The number of ether oxygens (including phenoxy) is 2. The molecular weight excluding hydrogens is 531 g/mol. The van der Waals surface area contributed by atoms with E-state index in [1.165, 1.54) is 4.88 Å². The molecule has 2 amide bonds. The number of amides is 2. The van der Waals surface area contributed by atoms with Crippen molar-refractivity contribution >= 4 is 46.4 Å².